The molecule has 0 aromatic rings. The first-order chi connectivity index (χ1) is 9.73. The van der Waals surface area contributed by atoms with E-state index in [1.54, 1.807) is 4.90 Å². The molecule has 1 aliphatic rings. The van der Waals surface area contributed by atoms with Crippen LogP contribution in [0.1, 0.15) is 33.6 Å². The van der Waals surface area contributed by atoms with Crippen molar-refractivity contribution in [3.63, 3.8) is 0 Å². The third-order valence-corrected chi connectivity index (χ3v) is 4.04. The largest absolute Gasteiger partial charge is 0.369 e. The molecule has 1 rings (SSSR count). The summed E-state index contributed by atoms with van der Waals surface area (Å²) in [7, 11) is 0. The van der Waals surface area contributed by atoms with E-state index in [0.29, 0.717) is 13.0 Å². The van der Waals surface area contributed by atoms with E-state index in [4.69, 9.17) is 11.5 Å². The predicted molar refractivity (Wildman–Crippen MR) is 86.2 cm³/mol. The maximum absolute atomic E-state index is 12.2. The minimum atomic E-state index is -0.630. The number of primary amides is 1. The number of piperidine rings is 1. The second-order valence-electron chi connectivity index (χ2n) is 6.06. The number of nitrogens with one attached hydrogen (secondary N) is 1. The number of carbonyl (C=O) groups excluding carboxylic acids is 3. The van der Waals surface area contributed by atoms with Crippen LogP contribution in [0.3, 0.4) is 0 Å². The molecule has 0 aromatic carbocycles. The summed E-state index contributed by atoms with van der Waals surface area (Å²) in [6.45, 7) is 5.83. The lowest BCUT2D eigenvalue weighted by Gasteiger charge is -2.37. The summed E-state index contributed by atoms with van der Waals surface area (Å²) in [6.07, 6.45) is 1.43. The van der Waals surface area contributed by atoms with Crippen LogP contribution in [0.5, 0.6) is 0 Å². The van der Waals surface area contributed by atoms with Crippen molar-refractivity contribution >= 4 is 30.1 Å². The van der Waals surface area contributed by atoms with Crippen molar-refractivity contribution in [3.05, 3.63) is 0 Å². The van der Waals surface area contributed by atoms with Gasteiger partial charge in [0.1, 0.15) is 0 Å². The van der Waals surface area contributed by atoms with Crippen LogP contribution in [0, 0.1) is 11.8 Å². The van der Waals surface area contributed by atoms with Gasteiger partial charge in [-0.05, 0) is 25.7 Å². The number of nitrogens with two attached hydrogens (primary N) is 2. The topological polar surface area (TPSA) is 119 Å². The minimum Gasteiger partial charge on any atom is -0.369 e. The highest BCUT2D eigenvalue weighted by Crippen LogP contribution is 2.21. The molecule has 3 atom stereocenters. The molecule has 5 N–H and O–H groups in total. The SMILES string of the molecule is CC(C)[C@H](N)C(=O)NCC(=O)N1CC(C(N)=O)CCC1C.Cl. The zero-order chi connectivity index (χ0) is 16.2. The van der Waals surface area contributed by atoms with Gasteiger partial charge in [-0.1, -0.05) is 13.8 Å². The standard InChI is InChI=1S/C14H26N4O3.ClH/c1-8(2)12(15)14(21)17-6-11(19)18-7-10(13(16)20)5-4-9(18)3;/h8-10,12H,4-7,15H2,1-3H3,(H2,16,20)(H,17,21);1H/t9?,10?,12-;/m0./s1. The fourth-order valence-electron chi connectivity index (χ4n) is 2.37. The van der Waals surface area contributed by atoms with Gasteiger partial charge in [0.25, 0.3) is 0 Å². The zero-order valence-corrected chi connectivity index (χ0v) is 14.2. The molecule has 0 aliphatic carbocycles. The van der Waals surface area contributed by atoms with Crippen molar-refractivity contribution in [2.45, 2.75) is 45.7 Å². The van der Waals surface area contributed by atoms with Gasteiger partial charge in [0.05, 0.1) is 18.5 Å². The summed E-state index contributed by atoms with van der Waals surface area (Å²) in [6, 6.07) is -0.585. The molecule has 22 heavy (non-hydrogen) atoms. The summed E-state index contributed by atoms with van der Waals surface area (Å²) in [4.78, 5) is 36.8. The number of carbonyl (C=O) groups is 3. The van der Waals surface area contributed by atoms with E-state index in [9.17, 15) is 14.4 Å². The van der Waals surface area contributed by atoms with Crippen LogP contribution in [-0.4, -0.2) is 47.8 Å². The molecule has 1 aliphatic heterocycles. The zero-order valence-electron chi connectivity index (χ0n) is 13.4. The Morgan fingerprint density at radius 3 is 2.36 bits per heavy atom. The molecular formula is C14H27ClN4O3. The first-order valence-electron chi connectivity index (χ1n) is 7.36. The molecule has 0 radical (unpaired) electrons. The Bertz CT molecular complexity index is 417. The number of halogens is 1. The smallest absolute Gasteiger partial charge is 0.242 e. The van der Waals surface area contributed by atoms with Gasteiger partial charge < -0.3 is 21.7 Å². The predicted octanol–water partition coefficient (Wildman–Crippen LogP) is -0.380. The minimum absolute atomic E-state index is 0. The third kappa shape index (κ3) is 5.46. The van der Waals surface area contributed by atoms with Gasteiger partial charge in [-0.2, -0.15) is 0 Å². The average Bonchev–Trinajstić information content (AvgIpc) is 2.43. The highest BCUT2D eigenvalue weighted by molar-refractivity contribution is 5.88. The van der Waals surface area contributed by atoms with Gasteiger partial charge in [-0.25, -0.2) is 0 Å². The summed E-state index contributed by atoms with van der Waals surface area (Å²) >= 11 is 0. The van der Waals surface area contributed by atoms with Crippen LogP contribution < -0.4 is 16.8 Å². The van der Waals surface area contributed by atoms with E-state index in [2.05, 4.69) is 5.32 Å². The van der Waals surface area contributed by atoms with Crippen molar-refractivity contribution in [2.75, 3.05) is 13.1 Å². The molecule has 0 bridgehead atoms. The molecule has 0 spiro atoms. The number of rotatable bonds is 5. The van der Waals surface area contributed by atoms with Gasteiger partial charge >= 0.3 is 0 Å². The summed E-state index contributed by atoms with van der Waals surface area (Å²) in [5.41, 5.74) is 11.0. The fraction of sp³-hybridized carbons (Fsp3) is 0.786. The molecule has 0 saturated carbocycles. The molecule has 7 nitrogen and oxygen atoms in total. The highest BCUT2D eigenvalue weighted by Gasteiger charge is 2.31. The van der Waals surface area contributed by atoms with Crippen molar-refractivity contribution in [3.8, 4) is 0 Å². The Labute approximate surface area is 137 Å². The van der Waals surface area contributed by atoms with E-state index in [1.165, 1.54) is 0 Å². The van der Waals surface area contributed by atoms with Crippen molar-refractivity contribution < 1.29 is 14.4 Å². The number of likely N-dealkylation sites (tertiary alicyclic amines) is 1. The molecule has 1 heterocycles. The summed E-state index contributed by atoms with van der Waals surface area (Å²) in [5.74, 6) is -1.23. The van der Waals surface area contributed by atoms with Crippen molar-refractivity contribution in [1.29, 1.82) is 0 Å². The van der Waals surface area contributed by atoms with Crippen LogP contribution in [0.2, 0.25) is 0 Å². The average molecular weight is 335 g/mol. The fourth-order valence-corrected chi connectivity index (χ4v) is 2.37. The van der Waals surface area contributed by atoms with Crippen molar-refractivity contribution in [1.82, 2.24) is 10.2 Å². The quantitative estimate of drug-likeness (QED) is 0.635. The first-order valence-corrected chi connectivity index (χ1v) is 7.36. The van der Waals surface area contributed by atoms with E-state index in [1.807, 2.05) is 20.8 Å². The van der Waals surface area contributed by atoms with E-state index < -0.39 is 6.04 Å². The van der Waals surface area contributed by atoms with Crippen LogP contribution in [0.25, 0.3) is 0 Å². The van der Waals surface area contributed by atoms with Gasteiger partial charge in [-0.15, -0.1) is 12.4 Å². The van der Waals surface area contributed by atoms with Crippen LogP contribution in [0.4, 0.5) is 0 Å². The number of nitrogens with zero attached hydrogens (tertiary/aromatic N) is 1. The Hall–Kier alpha value is -1.34. The third-order valence-electron chi connectivity index (χ3n) is 4.04. The van der Waals surface area contributed by atoms with E-state index >= 15 is 0 Å². The lowest BCUT2D eigenvalue weighted by molar-refractivity contribution is -0.138. The molecule has 2 unspecified atom stereocenters. The van der Waals surface area contributed by atoms with Gasteiger partial charge in [-0.3, -0.25) is 14.4 Å². The number of hydrogen-bond donors (Lipinski definition) is 3. The second kappa shape index (κ2) is 8.95. The molecule has 8 heteroatoms. The lowest BCUT2D eigenvalue weighted by atomic mass is 9.93. The summed E-state index contributed by atoms with van der Waals surface area (Å²) in [5, 5.41) is 2.55. The van der Waals surface area contributed by atoms with Gasteiger partial charge in [0.15, 0.2) is 0 Å². The maximum Gasteiger partial charge on any atom is 0.242 e. The molecule has 0 aromatic heterocycles. The number of amides is 3. The normalized spacial score (nSPS) is 22.7. The molecule has 128 valence electrons. The number of hydrogen-bond acceptors (Lipinski definition) is 4. The second-order valence-corrected chi connectivity index (χ2v) is 6.06. The Morgan fingerprint density at radius 2 is 1.86 bits per heavy atom. The first kappa shape index (κ1) is 20.7. The molecular weight excluding hydrogens is 308 g/mol. The highest BCUT2D eigenvalue weighted by atomic mass is 35.5. The van der Waals surface area contributed by atoms with E-state index in [-0.39, 0.29) is 54.6 Å². The Balaban J connectivity index is 0.00000441. The molecule has 3 amide bonds. The van der Waals surface area contributed by atoms with E-state index in [0.717, 1.165) is 6.42 Å². The van der Waals surface area contributed by atoms with Gasteiger partial charge in [0.2, 0.25) is 17.7 Å². The summed E-state index contributed by atoms with van der Waals surface area (Å²) < 4.78 is 0. The van der Waals surface area contributed by atoms with Crippen molar-refractivity contribution in [2.24, 2.45) is 23.3 Å². The van der Waals surface area contributed by atoms with Crippen LogP contribution in [-0.2, 0) is 14.4 Å². The molecule has 1 saturated heterocycles. The van der Waals surface area contributed by atoms with Crippen LogP contribution in [0.15, 0.2) is 0 Å². The Kier molecular flexibility index (Phi) is 8.40. The Morgan fingerprint density at radius 1 is 1.27 bits per heavy atom. The van der Waals surface area contributed by atoms with Crippen LogP contribution >= 0.6 is 12.4 Å². The lowest BCUT2D eigenvalue weighted by Crippen LogP contribution is -2.53. The maximum atomic E-state index is 12.2. The molecule has 1 fully saturated rings. The monoisotopic (exact) mass is 334 g/mol. The van der Waals surface area contributed by atoms with Gasteiger partial charge in [0, 0.05) is 12.6 Å².